The molecule has 0 aliphatic rings. The van der Waals surface area contributed by atoms with Crippen molar-refractivity contribution in [2.45, 2.75) is 26.3 Å². The summed E-state index contributed by atoms with van der Waals surface area (Å²) in [6.45, 7) is 3.80. The van der Waals surface area contributed by atoms with E-state index in [9.17, 15) is 9.59 Å². The van der Waals surface area contributed by atoms with E-state index < -0.39 is 12.0 Å². The van der Waals surface area contributed by atoms with E-state index in [1.54, 1.807) is 7.11 Å². The number of amides is 1. The molecule has 82 valence electrons. The van der Waals surface area contributed by atoms with Gasteiger partial charge in [-0.2, -0.15) is 0 Å². The fraction of sp³-hybridized carbons (Fsp3) is 0.778. The van der Waals surface area contributed by atoms with Crippen LogP contribution >= 0.6 is 0 Å². The van der Waals surface area contributed by atoms with Crippen molar-refractivity contribution in [2.75, 3.05) is 13.7 Å². The first-order valence-electron chi connectivity index (χ1n) is 4.48. The number of nitrogens with one attached hydrogen (secondary N) is 1. The SMILES string of the molecule is COCC(C)CC(=O)N[C@H](C)C(=O)O. The van der Waals surface area contributed by atoms with Gasteiger partial charge in [0.2, 0.25) is 5.91 Å². The molecule has 0 aliphatic carbocycles. The first-order valence-corrected chi connectivity index (χ1v) is 4.48. The Labute approximate surface area is 83.4 Å². The molecule has 5 heteroatoms. The van der Waals surface area contributed by atoms with E-state index in [2.05, 4.69) is 5.32 Å². The van der Waals surface area contributed by atoms with Gasteiger partial charge in [-0.3, -0.25) is 9.59 Å². The van der Waals surface area contributed by atoms with Crippen LogP contribution in [-0.2, 0) is 14.3 Å². The van der Waals surface area contributed by atoms with Crippen LogP contribution in [-0.4, -0.2) is 36.7 Å². The smallest absolute Gasteiger partial charge is 0.325 e. The van der Waals surface area contributed by atoms with Crippen molar-refractivity contribution in [1.29, 1.82) is 0 Å². The van der Waals surface area contributed by atoms with Gasteiger partial charge in [-0.15, -0.1) is 0 Å². The molecule has 2 N–H and O–H groups in total. The summed E-state index contributed by atoms with van der Waals surface area (Å²) in [4.78, 5) is 21.6. The summed E-state index contributed by atoms with van der Waals surface area (Å²) in [5.74, 6) is -1.19. The highest BCUT2D eigenvalue weighted by Gasteiger charge is 2.15. The fourth-order valence-corrected chi connectivity index (χ4v) is 1.02. The first kappa shape index (κ1) is 12.9. The lowest BCUT2D eigenvalue weighted by Crippen LogP contribution is -2.39. The van der Waals surface area contributed by atoms with Crippen molar-refractivity contribution < 1.29 is 19.4 Å². The van der Waals surface area contributed by atoms with Gasteiger partial charge in [-0.1, -0.05) is 6.92 Å². The molecule has 0 saturated carbocycles. The minimum absolute atomic E-state index is 0.0981. The fourth-order valence-electron chi connectivity index (χ4n) is 1.02. The topological polar surface area (TPSA) is 75.6 Å². The molecule has 0 fully saturated rings. The van der Waals surface area contributed by atoms with Gasteiger partial charge in [-0.05, 0) is 12.8 Å². The Bertz CT molecular complexity index is 205. The molecular weight excluding hydrogens is 186 g/mol. The Morgan fingerprint density at radius 2 is 2.00 bits per heavy atom. The Balaban J connectivity index is 3.80. The molecule has 0 aromatic carbocycles. The van der Waals surface area contributed by atoms with Crippen molar-refractivity contribution in [1.82, 2.24) is 5.32 Å². The van der Waals surface area contributed by atoms with Crippen molar-refractivity contribution >= 4 is 11.9 Å². The van der Waals surface area contributed by atoms with Crippen LogP contribution in [0.15, 0.2) is 0 Å². The summed E-state index contributed by atoms with van der Waals surface area (Å²) in [5.41, 5.74) is 0. The summed E-state index contributed by atoms with van der Waals surface area (Å²) in [6.07, 6.45) is 0.283. The van der Waals surface area contributed by atoms with Gasteiger partial charge in [0.1, 0.15) is 6.04 Å². The van der Waals surface area contributed by atoms with Crippen LogP contribution in [0.5, 0.6) is 0 Å². The zero-order chi connectivity index (χ0) is 11.1. The second-order valence-corrected chi connectivity index (χ2v) is 3.39. The average molecular weight is 203 g/mol. The third-order valence-electron chi connectivity index (χ3n) is 1.73. The van der Waals surface area contributed by atoms with Crippen molar-refractivity contribution in [3.63, 3.8) is 0 Å². The molecule has 0 radical (unpaired) electrons. The maximum Gasteiger partial charge on any atom is 0.325 e. The highest BCUT2D eigenvalue weighted by molar-refractivity contribution is 5.83. The van der Waals surface area contributed by atoms with E-state index in [0.717, 1.165) is 0 Å². The standard InChI is InChI=1S/C9H17NO4/c1-6(5-14-3)4-8(11)10-7(2)9(12)13/h6-7H,4-5H2,1-3H3,(H,10,11)(H,12,13)/t6?,7-/m1/s1. The Hall–Kier alpha value is -1.10. The molecule has 0 heterocycles. The lowest BCUT2D eigenvalue weighted by Gasteiger charge is -2.12. The Kier molecular flexibility index (Phi) is 5.87. The lowest BCUT2D eigenvalue weighted by atomic mass is 10.1. The molecule has 0 bridgehead atoms. The van der Waals surface area contributed by atoms with Gasteiger partial charge in [0, 0.05) is 20.1 Å². The van der Waals surface area contributed by atoms with E-state index >= 15 is 0 Å². The number of hydrogen-bond acceptors (Lipinski definition) is 3. The number of carboxylic acids is 1. The molecule has 0 aromatic rings. The summed E-state index contributed by atoms with van der Waals surface area (Å²) >= 11 is 0. The van der Waals surface area contributed by atoms with Gasteiger partial charge >= 0.3 is 5.97 Å². The maximum absolute atomic E-state index is 11.2. The second kappa shape index (κ2) is 6.37. The van der Waals surface area contributed by atoms with Crippen LogP contribution in [0, 0.1) is 5.92 Å². The van der Waals surface area contributed by atoms with Crippen LogP contribution in [0.4, 0.5) is 0 Å². The molecule has 5 nitrogen and oxygen atoms in total. The number of rotatable bonds is 6. The predicted molar refractivity (Wildman–Crippen MR) is 50.9 cm³/mol. The van der Waals surface area contributed by atoms with Crippen molar-refractivity contribution in [3.8, 4) is 0 Å². The number of aliphatic carboxylic acids is 1. The van der Waals surface area contributed by atoms with Crippen LogP contribution < -0.4 is 5.32 Å². The van der Waals surface area contributed by atoms with Crippen LogP contribution in [0.2, 0.25) is 0 Å². The highest BCUT2D eigenvalue weighted by Crippen LogP contribution is 2.01. The number of carbonyl (C=O) groups is 2. The van der Waals surface area contributed by atoms with E-state index in [-0.39, 0.29) is 18.2 Å². The third-order valence-corrected chi connectivity index (χ3v) is 1.73. The van der Waals surface area contributed by atoms with Crippen LogP contribution in [0.3, 0.4) is 0 Å². The predicted octanol–water partition coefficient (Wildman–Crippen LogP) is 0.248. The minimum atomic E-state index is -1.03. The molecule has 2 atom stereocenters. The Morgan fingerprint density at radius 1 is 1.43 bits per heavy atom. The molecule has 0 aliphatic heterocycles. The molecule has 0 aromatic heterocycles. The summed E-state index contributed by atoms with van der Waals surface area (Å²) in [5, 5.41) is 10.9. The van der Waals surface area contributed by atoms with Gasteiger partial charge in [0.15, 0.2) is 0 Å². The number of methoxy groups -OCH3 is 1. The molecule has 14 heavy (non-hydrogen) atoms. The normalized spacial score (nSPS) is 14.5. The summed E-state index contributed by atoms with van der Waals surface area (Å²) in [7, 11) is 1.56. The first-order chi connectivity index (χ1) is 6.47. The van der Waals surface area contributed by atoms with E-state index in [0.29, 0.717) is 6.61 Å². The zero-order valence-corrected chi connectivity index (χ0v) is 8.74. The summed E-state index contributed by atoms with van der Waals surface area (Å²) in [6, 6.07) is -0.836. The quantitative estimate of drug-likeness (QED) is 0.648. The zero-order valence-electron chi connectivity index (χ0n) is 8.74. The molecule has 0 saturated heterocycles. The molecule has 0 rings (SSSR count). The lowest BCUT2D eigenvalue weighted by molar-refractivity contribution is -0.141. The maximum atomic E-state index is 11.2. The van der Waals surface area contributed by atoms with Gasteiger partial charge in [0.05, 0.1) is 0 Å². The second-order valence-electron chi connectivity index (χ2n) is 3.39. The molecule has 0 spiro atoms. The number of carbonyl (C=O) groups excluding carboxylic acids is 1. The third kappa shape index (κ3) is 5.53. The van der Waals surface area contributed by atoms with Gasteiger partial charge in [0.25, 0.3) is 0 Å². The van der Waals surface area contributed by atoms with E-state index in [1.807, 2.05) is 6.92 Å². The van der Waals surface area contributed by atoms with Crippen molar-refractivity contribution in [3.05, 3.63) is 0 Å². The molecular formula is C9H17NO4. The monoisotopic (exact) mass is 203 g/mol. The Morgan fingerprint density at radius 3 is 2.43 bits per heavy atom. The van der Waals surface area contributed by atoms with Crippen LogP contribution in [0.25, 0.3) is 0 Å². The largest absolute Gasteiger partial charge is 0.480 e. The molecule has 1 unspecified atom stereocenters. The van der Waals surface area contributed by atoms with E-state index in [4.69, 9.17) is 9.84 Å². The average Bonchev–Trinajstić information content (AvgIpc) is 2.03. The molecule has 1 amide bonds. The number of hydrogen-bond donors (Lipinski definition) is 2. The number of ether oxygens (including phenoxy) is 1. The summed E-state index contributed by atoms with van der Waals surface area (Å²) < 4.78 is 4.86. The van der Waals surface area contributed by atoms with Crippen molar-refractivity contribution in [2.24, 2.45) is 5.92 Å². The van der Waals surface area contributed by atoms with Crippen LogP contribution in [0.1, 0.15) is 20.3 Å². The van der Waals surface area contributed by atoms with E-state index in [1.165, 1.54) is 6.92 Å². The minimum Gasteiger partial charge on any atom is -0.480 e. The number of carboxylic acid groups (broad SMARTS) is 1. The highest BCUT2D eigenvalue weighted by atomic mass is 16.5. The van der Waals surface area contributed by atoms with Gasteiger partial charge in [-0.25, -0.2) is 0 Å². The van der Waals surface area contributed by atoms with Gasteiger partial charge < -0.3 is 15.2 Å².